The summed E-state index contributed by atoms with van der Waals surface area (Å²) in [6.07, 6.45) is 16.7. The van der Waals surface area contributed by atoms with E-state index in [9.17, 15) is 0 Å². The second-order valence-corrected chi connectivity index (χ2v) is 5.62. The highest BCUT2D eigenvalue weighted by Crippen LogP contribution is 2.12. The van der Waals surface area contributed by atoms with E-state index in [1.54, 1.807) is 0 Å². The molecule has 1 aliphatic rings. The van der Waals surface area contributed by atoms with Gasteiger partial charge in [0.25, 0.3) is 0 Å². The fourth-order valence-corrected chi connectivity index (χ4v) is 2.72. The minimum absolute atomic E-state index is 0. The summed E-state index contributed by atoms with van der Waals surface area (Å²) >= 11 is 0. The normalized spacial score (nSPS) is 18.6. The second kappa shape index (κ2) is 11.7. The number of rotatable bonds is 10. The molecular weight excluding hydrogens is 225 g/mol. The van der Waals surface area contributed by atoms with E-state index in [1.165, 1.54) is 77.3 Å². The van der Waals surface area contributed by atoms with Crippen molar-refractivity contribution >= 4 is 6.21 Å². The Morgan fingerprint density at radius 3 is 2.11 bits per heavy atom. The molecule has 0 N–H and O–H groups in total. The molecule has 2 heteroatoms. The first kappa shape index (κ1) is 17.6. The number of hydrogen-bond donors (Lipinski definition) is 0. The smallest absolute Gasteiger partial charge is 0.143 e. The summed E-state index contributed by atoms with van der Waals surface area (Å²) < 4.78 is 2.56. The van der Waals surface area contributed by atoms with Gasteiger partial charge in [-0.25, -0.2) is 4.58 Å². The fourth-order valence-electron chi connectivity index (χ4n) is 2.72. The fraction of sp³-hybridized carbons (Fsp3) is 0.938. The molecule has 0 bridgehead atoms. The summed E-state index contributed by atoms with van der Waals surface area (Å²) in [6.45, 7) is 7.22. The maximum absolute atomic E-state index is 2.56. The molecule has 0 aromatic heterocycles. The molecule has 1 heterocycles. The molecule has 1 aliphatic heterocycles. The lowest BCUT2D eigenvalue weighted by molar-refractivity contribution is -0.516. The number of nitrogens with zero attached hydrogens (tertiary/aromatic N) is 1. The van der Waals surface area contributed by atoms with Crippen LogP contribution < -0.4 is 4.70 Å². The zero-order chi connectivity index (χ0) is 12.3. The minimum Gasteiger partial charge on any atom is -1.00 e. The third-order valence-corrected chi connectivity index (χ3v) is 4.03. The van der Waals surface area contributed by atoms with Crippen LogP contribution in [0.5, 0.6) is 0 Å². The van der Waals surface area contributed by atoms with Crippen molar-refractivity contribution < 1.29 is 9.28 Å². The van der Waals surface area contributed by atoms with Crippen molar-refractivity contribution in [3.8, 4) is 0 Å². The van der Waals surface area contributed by atoms with Gasteiger partial charge in [0, 0.05) is 18.8 Å². The number of halogens is 1. The molecule has 0 aliphatic carbocycles. The first-order valence-corrected chi connectivity index (χ1v) is 7.95. The van der Waals surface area contributed by atoms with Crippen LogP contribution in [-0.4, -0.2) is 23.9 Å². The topological polar surface area (TPSA) is 3.01 Å². The van der Waals surface area contributed by atoms with E-state index in [1.807, 2.05) is 0 Å². The van der Waals surface area contributed by atoms with Gasteiger partial charge in [0.05, 0.1) is 0 Å². The van der Waals surface area contributed by atoms with Gasteiger partial charge in [-0.05, 0) is 12.8 Å². The van der Waals surface area contributed by atoms with Crippen molar-refractivity contribution in [2.45, 2.75) is 78.1 Å². The van der Waals surface area contributed by atoms with Crippen molar-refractivity contribution in [3.63, 3.8) is 0 Å². The summed E-state index contributed by atoms with van der Waals surface area (Å²) in [5.41, 5.74) is 0. The van der Waals surface area contributed by atoms with E-state index in [2.05, 4.69) is 24.6 Å². The Morgan fingerprint density at radius 1 is 0.944 bits per heavy atom. The Hall–Kier alpha value is -0.400. The average molecular weight is 257 g/mol. The molecule has 0 aromatic carbocycles. The highest BCUT2D eigenvalue weighted by molar-refractivity contribution is 5.56. The van der Waals surface area contributed by atoms with E-state index >= 15 is 0 Å². The first-order chi connectivity index (χ1) is 8.36. The van der Waals surface area contributed by atoms with E-state index in [0.717, 1.165) is 5.92 Å². The van der Waals surface area contributed by atoms with Gasteiger partial charge < -0.3 is 4.70 Å². The van der Waals surface area contributed by atoms with Gasteiger partial charge in [-0.3, -0.25) is 0 Å². The maximum Gasteiger partial charge on any atom is 0.143 e. The highest BCUT2D eigenvalue weighted by Gasteiger charge is 2.19. The van der Waals surface area contributed by atoms with Crippen LogP contribution in [0.25, 0.3) is 0 Å². The van der Waals surface area contributed by atoms with Crippen LogP contribution >= 0.6 is 0 Å². The van der Waals surface area contributed by atoms with Crippen molar-refractivity contribution in [2.24, 2.45) is 5.92 Å². The summed E-state index contributed by atoms with van der Waals surface area (Å²) in [5, 5.41) is 0. The highest BCUT2D eigenvalue weighted by atomic mass is 19.0. The zero-order valence-electron chi connectivity index (χ0n) is 12.5. The second-order valence-electron chi connectivity index (χ2n) is 5.62. The first-order valence-electron chi connectivity index (χ1n) is 7.95. The lowest BCUT2D eigenvalue weighted by atomic mass is 10.1. The van der Waals surface area contributed by atoms with Crippen LogP contribution in [0.2, 0.25) is 0 Å². The lowest BCUT2D eigenvalue weighted by Gasteiger charge is -2.00. The molecule has 0 radical (unpaired) electrons. The van der Waals surface area contributed by atoms with Gasteiger partial charge in [-0.2, -0.15) is 0 Å². The quantitative estimate of drug-likeness (QED) is 0.413. The molecule has 0 saturated carbocycles. The molecule has 18 heavy (non-hydrogen) atoms. The molecule has 0 spiro atoms. The molecular formula is C16H32FN. The van der Waals surface area contributed by atoms with Crippen LogP contribution in [0.4, 0.5) is 0 Å². The van der Waals surface area contributed by atoms with Gasteiger partial charge in [0.2, 0.25) is 0 Å². The van der Waals surface area contributed by atoms with Crippen LogP contribution in [0.15, 0.2) is 0 Å². The summed E-state index contributed by atoms with van der Waals surface area (Å²) in [4.78, 5) is 0. The summed E-state index contributed by atoms with van der Waals surface area (Å²) in [7, 11) is 0. The lowest BCUT2D eigenvalue weighted by Crippen LogP contribution is -3.00. The number of unbranched alkanes of at least 4 members (excludes halogenated alkanes) is 7. The van der Waals surface area contributed by atoms with Crippen molar-refractivity contribution in [1.29, 1.82) is 0 Å². The third kappa shape index (κ3) is 7.84. The van der Waals surface area contributed by atoms with Crippen molar-refractivity contribution in [3.05, 3.63) is 0 Å². The standard InChI is InChI=1S/C16H32N.FH/c1-3-5-6-7-8-9-10-11-13-17-14-12-16(4-2)15-17;/h15-16H,3-14H2,1-2H3;1H/q+1;/p-1. The monoisotopic (exact) mass is 257 g/mol. The Balaban J connectivity index is 0.00000289. The Labute approximate surface area is 113 Å². The third-order valence-electron chi connectivity index (χ3n) is 4.03. The van der Waals surface area contributed by atoms with Gasteiger partial charge >= 0.3 is 0 Å². The van der Waals surface area contributed by atoms with Crippen LogP contribution in [0.1, 0.15) is 78.1 Å². The molecule has 1 atom stereocenters. The summed E-state index contributed by atoms with van der Waals surface area (Å²) in [6, 6.07) is 0. The van der Waals surface area contributed by atoms with Crippen LogP contribution in [0.3, 0.4) is 0 Å². The number of hydrogen-bond acceptors (Lipinski definition) is 0. The molecule has 0 saturated heterocycles. The van der Waals surface area contributed by atoms with Crippen molar-refractivity contribution in [2.75, 3.05) is 13.1 Å². The molecule has 1 unspecified atom stereocenters. The van der Waals surface area contributed by atoms with E-state index in [4.69, 9.17) is 0 Å². The average Bonchev–Trinajstić information content (AvgIpc) is 2.80. The van der Waals surface area contributed by atoms with Gasteiger partial charge in [0.15, 0.2) is 0 Å². The molecule has 0 amide bonds. The van der Waals surface area contributed by atoms with E-state index in [-0.39, 0.29) is 4.70 Å². The zero-order valence-corrected chi connectivity index (χ0v) is 12.5. The predicted octanol–water partition coefficient (Wildman–Crippen LogP) is 1.64. The molecule has 0 aromatic rings. The Bertz CT molecular complexity index is 213. The predicted molar refractivity (Wildman–Crippen MR) is 77.1 cm³/mol. The molecule has 108 valence electrons. The van der Waals surface area contributed by atoms with Crippen LogP contribution in [0, 0.1) is 5.92 Å². The molecule has 0 fully saturated rings. The largest absolute Gasteiger partial charge is 1.00 e. The molecule has 1 rings (SSSR count). The van der Waals surface area contributed by atoms with Gasteiger partial charge in [-0.1, -0.05) is 52.4 Å². The minimum atomic E-state index is 0. The maximum atomic E-state index is 2.56. The Kier molecular flexibility index (Phi) is 11.4. The summed E-state index contributed by atoms with van der Waals surface area (Å²) in [5.74, 6) is 0.879. The SMILES string of the molecule is CCCCCCCCCC[N+]1=CC(CC)CC1.[F-]. The van der Waals surface area contributed by atoms with E-state index in [0.29, 0.717) is 0 Å². The molecule has 1 nitrogen and oxygen atoms in total. The van der Waals surface area contributed by atoms with Gasteiger partial charge in [-0.15, -0.1) is 0 Å². The van der Waals surface area contributed by atoms with E-state index < -0.39 is 0 Å². The van der Waals surface area contributed by atoms with Crippen LogP contribution in [-0.2, 0) is 0 Å². The Morgan fingerprint density at radius 2 is 1.56 bits per heavy atom. The van der Waals surface area contributed by atoms with Crippen molar-refractivity contribution in [1.82, 2.24) is 0 Å². The van der Waals surface area contributed by atoms with Gasteiger partial charge in [0.1, 0.15) is 19.3 Å².